The molecule has 2 amide bonds. The Labute approximate surface area is 175 Å². The third-order valence-electron chi connectivity index (χ3n) is 5.54. The predicted octanol–water partition coefficient (Wildman–Crippen LogP) is 3.32. The fourth-order valence-electron chi connectivity index (χ4n) is 3.97. The molecule has 1 N–H and O–H groups in total. The van der Waals surface area contributed by atoms with Gasteiger partial charge < -0.3 is 15.0 Å². The first kappa shape index (κ1) is 19.6. The van der Waals surface area contributed by atoms with E-state index in [1.807, 2.05) is 54.6 Å². The van der Waals surface area contributed by atoms with E-state index in [1.54, 1.807) is 37.5 Å². The number of benzene rings is 2. The van der Waals surface area contributed by atoms with Gasteiger partial charge in [-0.1, -0.05) is 30.3 Å². The second-order valence-corrected chi connectivity index (χ2v) is 7.27. The average Bonchev–Trinajstić information content (AvgIpc) is 2.80. The SMILES string of the molecule is COc1ccc([C@H]2[C@@H](C(=O)NCc3ccncc3)c3ccccc3C(=O)N2C)cc1. The Bertz CT molecular complexity index is 1050. The number of aromatic nitrogens is 1. The molecule has 0 radical (unpaired) electrons. The van der Waals surface area contributed by atoms with Gasteiger partial charge in [0.15, 0.2) is 0 Å². The van der Waals surface area contributed by atoms with Crippen molar-refractivity contribution in [3.8, 4) is 5.75 Å². The van der Waals surface area contributed by atoms with Crippen LogP contribution in [0.3, 0.4) is 0 Å². The number of ether oxygens (including phenoxy) is 1. The number of fused-ring (bicyclic) bond motifs is 1. The summed E-state index contributed by atoms with van der Waals surface area (Å²) in [6.07, 6.45) is 3.40. The van der Waals surface area contributed by atoms with E-state index in [2.05, 4.69) is 10.3 Å². The first-order valence-electron chi connectivity index (χ1n) is 9.77. The Hall–Kier alpha value is -3.67. The van der Waals surface area contributed by atoms with E-state index >= 15 is 0 Å². The van der Waals surface area contributed by atoms with Crippen molar-refractivity contribution in [2.75, 3.05) is 14.2 Å². The average molecular weight is 401 g/mol. The van der Waals surface area contributed by atoms with Crippen LogP contribution >= 0.6 is 0 Å². The molecule has 1 aromatic heterocycles. The molecule has 30 heavy (non-hydrogen) atoms. The smallest absolute Gasteiger partial charge is 0.254 e. The second-order valence-electron chi connectivity index (χ2n) is 7.27. The molecule has 0 saturated carbocycles. The molecular formula is C24H23N3O3. The molecule has 0 aliphatic carbocycles. The van der Waals surface area contributed by atoms with Gasteiger partial charge in [-0.2, -0.15) is 0 Å². The van der Waals surface area contributed by atoms with Gasteiger partial charge in [-0.25, -0.2) is 0 Å². The minimum absolute atomic E-state index is 0.0930. The zero-order valence-electron chi connectivity index (χ0n) is 16.9. The molecule has 152 valence electrons. The van der Waals surface area contributed by atoms with Crippen LogP contribution in [0.4, 0.5) is 0 Å². The van der Waals surface area contributed by atoms with Crippen LogP contribution in [0, 0.1) is 0 Å². The van der Waals surface area contributed by atoms with Gasteiger partial charge in [0.1, 0.15) is 5.75 Å². The van der Waals surface area contributed by atoms with Crippen LogP contribution in [-0.4, -0.2) is 35.9 Å². The highest BCUT2D eigenvalue weighted by Gasteiger charge is 2.42. The summed E-state index contributed by atoms with van der Waals surface area (Å²) in [5, 5.41) is 3.04. The molecule has 1 aliphatic heterocycles. The molecule has 0 unspecified atom stereocenters. The van der Waals surface area contributed by atoms with Crippen LogP contribution in [0.25, 0.3) is 0 Å². The monoisotopic (exact) mass is 401 g/mol. The number of pyridine rings is 1. The van der Waals surface area contributed by atoms with E-state index in [4.69, 9.17) is 4.74 Å². The Balaban J connectivity index is 1.72. The number of hydrogen-bond donors (Lipinski definition) is 1. The van der Waals surface area contributed by atoms with E-state index in [0.717, 1.165) is 22.4 Å². The number of rotatable bonds is 5. The molecule has 3 aromatic rings. The second kappa shape index (κ2) is 8.37. The maximum Gasteiger partial charge on any atom is 0.254 e. The molecular weight excluding hydrogens is 378 g/mol. The maximum atomic E-state index is 13.4. The summed E-state index contributed by atoms with van der Waals surface area (Å²) in [5.74, 6) is -0.0224. The summed E-state index contributed by atoms with van der Waals surface area (Å²) >= 11 is 0. The van der Waals surface area contributed by atoms with E-state index in [9.17, 15) is 9.59 Å². The summed E-state index contributed by atoms with van der Waals surface area (Å²) in [6, 6.07) is 18.2. The van der Waals surface area contributed by atoms with Crippen LogP contribution in [-0.2, 0) is 11.3 Å². The van der Waals surface area contributed by atoms with Gasteiger partial charge in [0.05, 0.1) is 19.1 Å². The highest BCUT2D eigenvalue weighted by Crippen LogP contribution is 2.42. The Kier molecular flexibility index (Phi) is 5.48. The van der Waals surface area contributed by atoms with Gasteiger partial charge in [-0.05, 0) is 47.0 Å². The van der Waals surface area contributed by atoms with Gasteiger partial charge >= 0.3 is 0 Å². The van der Waals surface area contributed by atoms with Gasteiger partial charge in [0, 0.05) is 31.5 Å². The lowest BCUT2D eigenvalue weighted by Gasteiger charge is -2.39. The number of hydrogen-bond acceptors (Lipinski definition) is 4. The molecule has 6 heteroatoms. The molecule has 2 heterocycles. The summed E-state index contributed by atoms with van der Waals surface area (Å²) in [7, 11) is 3.35. The number of nitrogens with one attached hydrogen (secondary N) is 1. The number of likely N-dealkylation sites (N-methyl/N-ethyl adjacent to an activating group) is 1. The van der Waals surface area contributed by atoms with Gasteiger partial charge in [-0.15, -0.1) is 0 Å². The van der Waals surface area contributed by atoms with E-state index in [1.165, 1.54) is 0 Å². The van der Waals surface area contributed by atoms with Crippen LogP contribution in [0.5, 0.6) is 5.75 Å². The molecule has 0 spiro atoms. The lowest BCUT2D eigenvalue weighted by Crippen LogP contribution is -2.45. The van der Waals surface area contributed by atoms with Gasteiger partial charge in [0.25, 0.3) is 5.91 Å². The number of carbonyl (C=O) groups excluding carboxylic acids is 2. The summed E-state index contributed by atoms with van der Waals surface area (Å²) in [5.41, 5.74) is 3.15. The van der Waals surface area contributed by atoms with Crippen molar-refractivity contribution < 1.29 is 14.3 Å². The zero-order valence-corrected chi connectivity index (χ0v) is 16.9. The van der Waals surface area contributed by atoms with E-state index < -0.39 is 12.0 Å². The van der Waals surface area contributed by atoms with Crippen molar-refractivity contribution in [3.63, 3.8) is 0 Å². The van der Waals surface area contributed by atoms with Crippen molar-refractivity contribution in [1.29, 1.82) is 0 Å². The third-order valence-corrected chi connectivity index (χ3v) is 5.54. The van der Waals surface area contributed by atoms with Gasteiger partial charge in [0.2, 0.25) is 5.91 Å². The number of carbonyl (C=O) groups is 2. The maximum absolute atomic E-state index is 13.4. The normalized spacial score (nSPS) is 17.9. The molecule has 0 saturated heterocycles. The van der Waals surface area contributed by atoms with Crippen LogP contribution < -0.4 is 10.1 Å². The van der Waals surface area contributed by atoms with Crippen molar-refractivity contribution >= 4 is 11.8 Å². The number of nitrogens with zero attached hydrogens (tertiary/aromatic N) is 2. The highest BCUT2D eigenvalue weighted by molar-refractivity contribution is 6.01. The Morgan fingerprint density at radius 3 is 2.47 bits per heavy atom. The first-order chi connectivity index (χ1) is 14.6. The largest absolute Gasteiger partial charge is 0.497 e. The number of methoxy groups -OCH3 is 1. The number of amides is 2. The zero-order chi connectivity index (χ0) is 21.1. The van der Waals surface area contributed by atoms with E-state index in [0.29, 0.717) is 12.1 Å². The quantitative estimate of drug-likeness (QED) is 0.712. The van der Waals surface area contributed by atoms with Crippen molar-refractivity contribution in [2.24, 2.45) is 0 Å². The molecule has 6 nitrogen and oxygen atoms in total. The fourth-order valence-corrected chi connectivity index (χ4v) is 3.97. The van der Waals surface area contributed by atoms with E-state index in [-0.39, 0.29) is 11.8 Å². The summed E-state index contributed by atoms with van der Waals surface area (Å²) in [6.45, 7) is 0.396. The minimum Gasteiger partial charge on any atom is -0.497 e. The topological polar surface area (TPSA) is 71.5 Å². The third kappa shape index (κ3) is 3.64. The predicted molar refractivity (Wildman–Crippen MR) is 113 cm³/mol. The molecule has 0 bridgehead atoms. The fraction of sp³-hybridized carbons (Fsp3) is 0.208. The van der Waals surface area contributed by atoms with Gasteiger partial charge in [-0.3, -0.25) is 14.6 Å². The van der Waals surface area contributed by atoms with Crippen LogP contribution in [0.2, 0.25) is 0 Å². The molecule has 4 rings (SSSR count). The van der Waals surface area contributed by atoms with Crippen LogP contribution in [0.1, 0.15) is 39.0 Å². The standard InChI is InChI=1S/C24H23N3O3/c1-27-22(17-7-9-18(30-2)10-8-17)21(19-5-3-4-6-20(19)24(27)29)23(28)26-15-16-11-13-25-14-12-16/h3-14,21-22H,15H2,1-2H3,(H,26,28)/t21-,22-/m0/s1. The molecule has 2 atom stereocenters. The van der Waals surface area contributed by atoms with Crippen molar-refractivity contribution in [2.45, 2.75) is 18.5 Å². The Morgan fingerprint density at radius 1 is 1.07 bits per heavy atom. The highest BCUT2D eigenvalue weighted by atomic mass is 16.5. The van der Waals surface area contributed by atoms with Crippen LogP contribution in [0.15, 0.2) is 73.1 Å². The first-order valence-corrected chi connectivity index (χ1v) is 9.77. The van der Waals surface area contributed by atoms with Crippen molar-refractivity contribution in [1.82, 2.24) is 15.2 Å². The lowest BCUT2D eigenvalue weighted by atomic mass is 9.79. The lowest BCUT2D eigenvalue weighted by molar-refractivity contribution is -0.124. The molecule has 0 fully saturated rings. The summed E-state index contributed by atoms with van der Waals surface area (Å²) < 4.78 is 5.26. The molecule has 2 aromatic carbocycles. The summed E-state index contributed by atoms with van der Waals surface area (Å²) in [4.78, 5) is 32.1. The van der Waals surface area contributed by atoms with Crippen molar-refractivity contribution in [3.05, 3.63) is 95.3 Å². The Morgan fingerprint density at radius 2 is 1.77 bits per heavy atom. The molecule has 1 aliphatic rings. The minimum atomic E-state index is -0.529.